The molecule has 0 bridgehead atoms. The quantitative estimate of drug-likeness (QED) is 0.908. The zero-order valence-electron chi connectivity index (χ0n) is 8.83. The Kier molecular flexibility index (Phi) is 3.26. The first-order valence-corrected chi connectivity index (χ1v) is 5.62. The lowest BCUT2D eigenvalue weighted by molar-refractivity contribution is 0.416. The van der Waals surface area contributed by atoms with Crippen molar-refractivity contribution in [1.82, 2.24) is 10.2 Å². The van der Waals surface area contributed by atoms with Crippen LogP contribution in [0.4, 0.5) is 0 Å². The van der Waals surface area contributed by atoms with E-state index in [4.69, 9.17) is 10.5 Å². The van der Waals surface area contributed by atoms with Crippen molar-refractivity contribution < 1.29 is 4.74 Å². The normalized spacial score (nSPS) is 10.4. The first kappa shape index (κ1) is 11.2. The number of aromatic nitrogens is 2. The van der Waals surface area contributed by atoms with Gasteiger partial charge in [-0.2, -0.15) is 5.10 Å². The summed E-state index contributed by atoms with van der Waals surface area (Å²) in [6.45, 7) is 0.450. The van der Waals surface area contributed by atoms with Gasteiger partial charge in [0.05, 0.1) is 12.8 Å². The van der Waals surface area contributed by atoms with Gasteiger partial charge in [-0.25, -0.2) is 0 Å². The number of H-pyrrole nitrogens is 1. The smallest absolute Gasteiger partial charge is 0.129 e. The zero-order chi connectivity index (χ0) is 11.5. The monoisotopic (exact) mass is 281 g/mol. The lowest BCUT2D eigenvalue weighted by Gasteiger charge is -2.06. The molecule has 1 heterocycles. The summed E-state index contributed by atoms with van der Waals surface area (Å²) in [6, 6.07) is 7.74. The highest BCUT2D eigenvalue weighted by atomic mass is 79.9. The fourth-order valence-electron chi connectivity index (χ4n) is 1.48. The van der Waals surface area contributed by atoms with Crippen LogP contribution in [0.3, 0.4) is 0 Å². The molecule has 0 aliphatic heterocycles. The molecule has 0 radical (unpaired) electrons. The lowest BCUT2D eigenvalue weighted by atomic mass is 10.1. The number of nitrogens with zero attached hydrogens (tertiary/aromatic N) is 1. The third-order valence-corrected chi connectivity index (χ3v) is 2.78. The van der Waals surface area contributed by atoms with Crippen molar-refractivity contribution in [3.63, 3.8) is 0 Å². The second-order valence-corrected chi connectivity index (χ2v) is 4.24. The topological polar surface area (TPSA) is 63.9 Å². The van der Waals surface area contributed by atoms with Gasteiger partial charge >= 0.3 is 0 Å². The SMILES string of the molecule is COc1cc(Br)ccc1-c1cc(CN)[nH]n1. The van der Waals surface area contributed by atoms with Crippen LogP contribution in [0.25, 0.3) is 11.3 Å². The van der Waals surface area contributed by atoms with Crippen LogP contribution in [0, 0.1) is 0 Å². The summed E-state index contributed by atoms with van der Waals surface area (Å²) in [6.07, 6.45) is 0. The van der Waals surface area contributed by atoms with Crippen LogP contribution in [-0.2, 0) is 6.54 Å². The maximum Gasteiger partial charge on any atom is 0.129 e. The Balaban J connectivity index is 2.46. The second kappa shape index (κ2) is 4.67. The van der Waals surface area contributed by atoms with E-state index in [1.807, 2.05) is 24.3 Å². The van der Waals surface area contributed by atoms with Gasteiger partial charge in [0.1, 0.15) is 5.75 Å². The van der Waals surface area contributed by atoms with Gasteiger partial charge in [-0.05, 0) is 24.3 Å². The van der Waals surface area contributed by atoms with Crippen molar-refractivity contribution in [2.75, 3.05) is 7.11 Å². The highest BCUT2D eigenvalue weighted by molar-refractivity contribution is 9.10. The molecule has 1 aromatic carbocycles. The molecule has 5 heteroatoms. The molecule has 0 aliphatic carbocycles. The number of hydrogen-bond acceptors (Lipinski definition) is 3. The molecule has 3 N–H and O–H groups in total. The van der Waals surface area contributed by atoms with Crippen LogP contribution < -0.4 is 10.5 Å². The summed E-state index contributed by atoms with van der Waals surface area (Å²) in [7, 11) is 1.64. The molecule has 0 spiro atoms. The Hall–Kier alpha value is -1.33. The van der Waals surface area contributed by atoms with Crippen molar-refractivity contribution in [3.8, 4) is 17.0 Å². The van der Waals surface area contributed by atoms with E-state index in [1.54, 1.807) is 7.11 Å². The van der Waals surface area contributed by atoms with Gasteiger partial charge in [-0.1, -0.05) is 15.9 Å². The van der Waals surface area contributed by atoms with E-state index in [1.165, 1.54) is 0 Å². The highest BCUT2D eigenvalue weighted by Gasteiger charge is 2.09. The molecule has 4 nitrogen and oxygen atoms in total. The molecule has 0 saturated heterocycles. The van der Waals surface area contributed by atoms with Crippen molar-refractivity contribution in [1.29, 1.82) is 0 Å². The Labute approximate surface area is 102 Å². The third kappa shape index (κ3) is 2.10. The van der Waals surface area contributed by atoms with E-state index < -0.39 is 0 Å². The first-order valence-electron chi connectivity index (χ1n) is 4.83. The van der Waals surface area contributed by atoms with E-state index in [-0.39, 0.29) is 0 Å². The minimum atomic E-state index is 0.450. The number of nitrogens with two attached hydrogens (primary N) is 1. The number of aromatic amines is 1. The van der Waals surface area contributed by atoms with Crippen LogP contribution in [-0.4, -0.2) is 17.3 Å². The Morgan fingerprint density at radius 1 is 1.44 bits per heavy atom. The molecular formula is C11H12BrN3O. The number of benzene rings is 1. The first-order chi connectivity index (χ1) is 7.74. The van der Waals surface area contributed by atoms with E-state index in [9.17, 15) is 0 Å². The third-order valence-electron chi connectivity index (χ3n) is 2.29. The minimum absolute atomic E-state index is 0.450. The second-order valence-electron chi connectivity index (χ2n) is 3.33. The highest BCUT2D eigenvalue weighted by Crippen LogP contribution is 2.31. The standard InChI is InChI=1S/C11H12BrN3O/c1-16-11-4-7(12)2-3-9(11)10-5-8(6-13)14-15-10/h2-5H,6,13H2,1H3,(H,14,15). The molecule has 0 amide bonds. The van der Waals surface area contributed by atoms with Gasteiger partial charge in [0, 0.05) is 22.3 Å². The molecule has 2 aromatic rings. The number of ether oxygens (including phenoxy) is 1. The van der Waals surface area contributed by atoms with Crippen molar-refractivity contribution in [2.24, 2.45) is 5.73 Å². The summed E-state index contributed by atoms with van der Waals surface area (Å²) in [5.41, 5.74) is 8.21. The van der Waals surface area contributed by atoms with E-state index in [2.05, 4.69) is 26.1 Å². The largest absolute Gasteiger partial charge is 0.496 e. The predicted molar refractivity (Wildman–Crippen MR) is 66.2 cm³/mol. The van der Waals surface area contributed by atoms with Crippen molar-refractivity contribution in [2.45, 2.75) is 6.54 Å². The van der Waals surface area contributed by atoms with Gasteiger partial charge in [0.25, 0.3) is 0 Å². The fourth-order valence-corrected chi connectivity index (χ4v) is 1.82. The molecule has 0 atom stereocenters. The van der Waals surface area contributed by atoms with E-state index in [0.29, 0.717) is 6.54 Å². The van der Waals surface area contributed by atoms with Gasteiger partial charge in [0.2, 0.25) is 0 Å². The summed E-state index contributed by atoms with van der Waals surface area (Å²) >= 11 is 3.40. The number of methoxy groups -OCH3 is 1. The van der Waals surface area contributed by atoms with Crippen LogP contribution in [0.2, 0.25) is 0 Å². The number of rotatable bonds is 3. The Morgan fingerprint density at radius 3 is 2.88 bits per heavy atom. The Bertz CT molecular complexity index is 496. The van der Waals surface area contributed by atoms with E-state index >= 15 is 0 Å². The molecule has 0 unspecified atom stereocenters. The number of halogens is 1. The maximum absolute atomic E-state index is 5.53. The van der Waals surface area contributed by atoms with Crippen molar-refractivity contribution >= 4 is 15.9 Å². The number of hydrogen-bond donors (Lipinski definition) is 2. The molecule has 0 fully saturated rings. The summed E-state index contributed by atoms with van der Waals surface area (Å²) in [4.78, 5) is 0. The van der Waals surface area contributed by atoms with Crippen LogP contribution in [0.5, 0.6) is 5.75 Å². The van der Waals surface area contributed by atoms with Gasteiger partial charge in [0.15, 0.2) is 0 Å². The van der Waals surface area contributed by atoms with E-state index in [0.717, 1.165) is 27.2 Å². The van der Waals surface area contributed by atoms with Gasteiger partial charge in [-0.15, -0.1) is 0 Å². The predicted octanol–water partition coefficient (Wildman–Crippen LogP) is 2.31. The summed E-state index contributed by atoms with van der Waals surface area (Å²) < 4.78 is 6.28. The molecule has 0 aliphatic rings. The van der Waals surface area contributed by atoms with Crippen LogP contribution in [0.1, 0.15) is 5.69 Å². The summed E-state index contributed by atoms with van der Waals surface area (Å²) in [5.74, 6) is 0.782. The molecule has 1 aromatic heterocycles. The average Bonchev–Trinajstić information content (AvgIpc) is 2.77. The fraction of sp³-hybridized carbons (Fsp3) is 0.182. The summed E-state index contributed by atoms with van der Waals surface area (Å²) in [5, 5.41) is 7.07. The van der Waals surface area contributed by atoms with Crippen LogP contribution >= 0.6 is 15.9 Å². The maximum atomic E-state index is 5.53. The molecular weight excluding hydrogens is 270 g/mol. The Morgan fingerprint density at radius 2 is 2.25 bits per heavy atom. The molecule has 2 rings (SSSR count). The minimum Gasteiger partial charge on any atom is -0.496 e. The molecule has 16 heavy (non-hydrogen) atoms. The van der Waals surface area contributed by atoms with Gasteiger partial charge < -0.3 is 10.5 Å². The zero-order valence-corrected chi connectivity index (χ0v) is 10.4. The molecule has 0 saturated carbocycles. The average molecular weight is 282 g/mol. The number of nitrogens with one attached hydrogen (secondary N) is 1. The molecule has 84 valence electrons. The van der Waals surface area contributed by atoms with Crippen molar-refractivity contribution in [3.05, 3.63) is 34.4 Å². The lowest BCUT2D eigenvalue weighted by Crippen LogP contribution is -1.95. The van der Waals surface area contributed by atoms with Crippen LogP contribution in [0.15, 0.2) is 28.7 Å². The van der Waals surface area contributed by atoms with Gasteiger partial charge in [-0.3, -0.25) is 5.10 Å².